The summed E-state index contributed by atoms with van der Waals surface area (Å²) in [5.74, 6) is 0.379. The van der Waals surface area contributed by atoms with Gasteiger partial charge < -0.3 is 21.1 Å². The third-order valence-corrected chi connectivity index (χ3v) is 3.23. The molecule has 0 aliphatic heterocycles. The summed E-state index contributed by atoms with van der Waals surface area (Å²) in [6.45, 7) is 2.26. The number of carbonyl (C=O) groups is 2. The zero-order valence-electron chi connectivity index (χ0n) is 13.4. The monoisotopic (exact) mass is 328 g/mol. The van der Waals surface area contributed by atoms with Crippen LogP contribution in [0, 0.1) is 0 Å². The van der Waals surface area contributed by atoms with Crippen LogP contribution < -0.4 is 21.1 Å². The van der Waals surface area contributed by atoms with Gasteiger partial charge in [0.2, 0.25) is 5.91 Å². The largest absolute Gasteiger partial charge is 0.487 e. The Balaban J connectivity index is 1.86. The Morgan fingerprint density at radius 2 is 2.08 bits per heavy atom. The number of rotatable bonds is 7. The van der Waals surface area contributed by atoms with Crippen LogP contribution >= 0.6 is 0 Å². The van der Waals surface area contributed by atoms with Crippen molar-refractivity contribution in [2.75, 3.05) is 0 Å². The second kappa shape index (κ2) is 8.52. The van der Waals surface area contributed by atoms with Crippen molar-refractivity contribution in [2.45, 2.75) is 26.1 Å². The summed E-state index contributed by atoms with van der Waals surface area (Å²) in [6, 6.07) is 11.6. The maximum Gasteiger partial charge on any atom is 0.312 e. The van der Waals surface area contributed by atoms with Gasteiger partial charge in [0.15, 0.2) is 0 Å². The number of urea groups is 1. The first-order valence-electron chi connectivity index (χ1n) is 7.50. The van der Waals surface area contributed by atoms with Crippen LogP contribution in [-0.2, 0) is 17.9 Å². The van der Waals surface area contributed by atoms with Crippen LogP contribution in [-0.4, -0.2) is 23.0 Å². The molecule has 3 amide bonds. The van der Waals surface area contributed by atoms with E-state index in [1.165, 1.54) is 0 Å². The number of pyridine rings is 1. The first kappa shape index (κ1) is 17.3. The molecule has 2 aromatic rings. The summed E-state index contributed by atoms with van der Waals surface area (Å²) in [5, 5.41) is 5.05. The van der Waals surface area contributed by atoms with Crippen LogP contribution in [0.1, 0.15) is 18.2 Å². The molecule has 1 aromatic carbocycles. The fraction of sp³-hybridized carbons (Fsp3) is 0.235. The highest BCUT2D eigenvalue weighted by Gasteiger charge is 2.13. The molecule has 24 heavy (non-hydrogen) atoms. The molecule has 0 aliphatic carbocycles. The first-order valence-corrected chi connectivity index (χ1v) is 7.50. The quantitative estimate of drug-likeness (QED) is 0.713. The highest BCUT2D eigenvalue weighted by atomic mass is 16.5. The second-order valence-electron chi connectivity index (χ2n) is 5.21. The zero-order valence-corrected chi connectivity index (χ0v) is 13.4. The number of amides is 3. The summed E-state index contributed by atoms with van der Waals surface area (Å²) < 4.78 is 5.69. The van der Waals surface area contributed by atoms with E-state index >= 15 is 0 Å². The smallest absolute Gasteiger partial charge is 0.312 e. The standard InChI is InChI=1S/C17H20N4O3/c1-12(21-17(18)23)16(22)20-10-13-5-4-7-15(9-13)24-11-14-6-2-3-8-19-14/h2-9,12H,10-11H2,1H3,(H,20,22)(H3,18,21,23). The van der Waals surface area contributed by atoms with Gasteiger partial charge in [0.25, 0.3) is 0 Å². The van der Waals surface area contributed by atoms with Crippen molar-refractivity contribution in [3.63, 3.8) is 0 Å². The number of benzene rings is 1. The molecule has 4 N–H and O–H groups in total. The van der Waals surface area contributed by atoms with Crippen molar-refractivity contribution in [3.05, 3.63) is 59.9 Å². The highest BCUT2D eigenvalue weighted by molar-refractivity contribution is 5.86. The number of aromatic nitrogens is 1. The van der Waals surface area contributed by atoms with Gasteiger partial charge in [-0.1, -0.05) is 18.2 Å². The lowest BCUT2D eigenvalue weighted by Crippen LogP contribution is -2.46. The molecule has 0 bridgehead atoms. The number of nitrogens with two attached hydrogens (primary N) is 1. The van der Waals surface area contributed by atoms with Crippen molar-refractivity contribution < 1.29 is 14.3 Å². The lowest BCUT2D eigenvalue weighted by atomic mass is 10.2. The van der Waals surface area contributed by atoms with Crippen molar-refractivity contribution in [3.8, 4) is 5.75 Å². The van der Waals surface area contributed by atoms with Crippen LogP contribution in [0.3, 0.4) is 0 Å². The molecule has 0 fully saturated rings. The van der Waals surface area contributed by atoms with Crippen molar-refractivity contribution >= 4 is 11.9 Å². The second-order valence-corrected chi connectivity index (χ2v) is 5.21. The molecule has 1 unspecified atom stereocenters. The van der Waals surface area contributed by atoms with Gasteiger partial charge in [-0.3, -0.25) is 9.78 Å². The summed E-state index contributed by atoms with van der Waals surface area (Å²) in [4.78, 5) is 26.8. The number of nitrogens with zero attached hydrogens (tertiary/aromatic N) is 1. The Morgan fingerprint density at radius 1 is 1.25 bits per heavy atom. The molecule has 7 nitrogen and oxygen atoms in total. The SMILES string of the molecule is CC(NC(N)=O)C(=O)NCc1cccc(OCc2ccccn2)c1. The molecule has 0 saturated heterocycles. The maximum absolute atomic E-state index is 11.8. The van der Waals surface area contributed by atoms with E-state index in [0.29, 0.717) is 18.9 Å². The molecule has 0 spiro atoms. The van der Waals surface area contributed by atoms with Crippen molar-refractivity contribution in [1.82, 2.24) is 15.6 Å². The van der Waals surface area contributed by atoms with E-state index in [4.69, 9.17) is 10.5 Å². The molecular weight excluding hydrogens is 308 g/mol. The predicted octanol–water partition coefficient (Wildman–Crippen LogP) is 1.33. The topological polar surface area (TPSA) is 106 Å². The molecule has 0 saturated carbocycles. The zero-order chi connectivity index (χ0) is 17.4. The number of carbonyl (C=O) groups excluding carboxylic acids is 2. The summed E-state index contributed by atoms with van der Waals surface area (Å²) in [6.07, 6.45) is 1.71. The number of hydrogen-bond donors (Lipinski definition) is 3. The molecule has 1 aromatic heterocycles. The minimum Gasteiger partial charge on any atom is -0.487 e. The highest BCUT2D eigenvalue weighted by Crippen LogP contribution is 2.14. The Bertz CT molecular complexity index is 691. The predicted molar refractivity (Wildman–Crippen MR) is 89.0 cm³/mol. The number of ether oxygens (including phenoxy) is 1. The van der Waals surface area contributed by atoms with E-state index in [0.717, 1.165) is 11.3 Å². The maximum atomic E-state index is 11.8. The fourth-order valence-electron chi connectivity index (χ4n) is 2.01. The van der Waals surface area contributed by atoms with Crippen LogP contribution in [0.5, 0.6) is 5.75 Å². The van der Waals surface area contributed by atoms with Gasteiger partial charge in [0, 0.05) is 12.7 Å². The van der Waals surface area contributed by atoms with Crippen LogP contribution in [0.4, 0.5) is 4.79 Å². The van der Waals surface area contributed by atoms with E-state index in [1.54, 1.807) is 13.1 Å². The molecule has 1 atom stereocenters. The Hall–Kier alpha value is -3.09. The Labute approximate surface area is 140 Å². The molecule has 1 heterocycles. The van der Waals surface area contributed by atoms with Gasteiger partial charge in [0.1, 0.15) is 18.4 Å². The number of hydrogen-bond acceptors (Lipinski definition) is 4. The summed E-state index contributed by atoms with van der Waals surface area (Å²) >= 11 is 0. The average molecular weight is 328 g/mol. The average Bonchev–Trinajstić information content (AvgIpc) is 2.58. The van der Waals surface area contributed by atoms with Gasteiger partial charge in [-0.15, -0.1) is 0 Å². The fourth-order valence-corrected chi connectivity index (χ4v) is 2.01. The van der Waals surface area contributed by atoms with Crippen LogP contribution in [0.25, 0.3) is 0 Å². The lowest BCUT2D eigenvalue weighted by molar-refractivity contribution is -0.122. The minimum atomic E-state index is -0.734. The van der Waals surface area contributed by atoms with E-state index in [1.807, 2.05) is 42.5 Å². The minimum absolute atomic E-state index is 0.311. The molecule has 0 aliphatic rings. The third kappa shape index (κ3) is 5.60. The molecular formula is C17H20N4O3. The van der Waals surface area contributed by atoms with E-state index < -0.39 is 12.1 Å². The molecule has 126 valence electrons. The Kier molecular flexibility index (Phi) is 6.13. The summed E-state index contributed by atoms with van der Waals surface area (Å²) in [5.41, 5.74) is 6.71. The van der Waals surface area contributed by atoms with Gasteiger partial charge >= 0.3 is 6.03 Å². The molecule has 7 heteroatoms. The van der Waals surface area contributed by atoms with Gasteiger partial charge in [-0.05, 0) is 36.8 Å². The number of primary amides is 1. The molecule has 0 radical (unpaired) electrons. The van der Waals surface area contributed by atoms with Crippen LogP contribution in [0.2, 0.25) is 0 Å². The van der Waals surface area contributed by atoms with E-state index in [2.05, 4.69) is 15.6 Å². The van der Waals surface area contributed by atoms with Gasteiger partial charge in [-0.2, -0.15) is 0 Å². The number of nitrogens with one attached hydrogen (secondary N) is 2. The van der Waals surface area contributed by atoms with Gasteiger partial charge in [-0.25, -0.2) is 4.79 Å². The van der Waals surface area contributed by atoms with Crippen LogP contribution in [0.15, 0.2) is 48.7 Å². The van der Waals surface area contributed by atoms with E-state index in [9.17, 15) is 9.59 Å². The molecule has 2 rings (SSSR count). The van der Waals surface area contributed by atoms with Gasteiger partial charge in [0.05, 0.1) is 5.69 Å². The van der Waals surface area contributed by atoms with E-state index in [-0.39, 0.29) is 5.91 Å². The normalized spacial score (nSPS) is 11.4. The Morgan fingerprint density at radius 3 is 2.79 bits per heavy atom. The third-order valence-electron chi connectivity index (χ3n) is 3.23. The van der Waals surface area contributed by atoms with Crippen molar-refractivity contribution in [2.24, 2.45) is 5.73 Å². The summed E-state index contributed by atoms with van der Waals surface area (Å²) in [7, 11) is 0. The van der Waals surface area contributed by atoms with Crippen molar-refractivity contribution in [1.29, 1.82) is 0 Å². The first-order chi connectivity index (χ1) is 11.5. The lowest BCUT2D eigenvalue weighted by Gasteiger charge is -2.13.